The third-order valence-corrected chi connectivity index (χ3v) is 7.53. The van der Waals surface area contributed by atoms with Gasteiger partial charge in [-0.2, -0.15) is 11.8 Å². The number of carbonyl (C=O) groups is 1. The second kappa shape index (κ2) is 7.30. The molecule has 1 N–H and O–H groups in total. The topological polar surface area (TPSA) is 69.7 Å². The average molecular weight is 335 g/mol. The number of carbonyl (C=O) groups excluding carboxylic acids is 1. The molecule has 0 spiro atoms. The summed E-state index contributed by atoms with van der Waals surface area (Å²) < 4.78 is 24.5. The number of amides is 1. The second-order valence-corrected chi connectivity index (χ2v) is 9.07. The van der Waals surface area contributed by atoms with Gasteiger partial charge in [-0.05, 0) is 6.92 Å². The van der Waals surface area contributed by atoms with E-state index in [1.807, 2.05) is 6.92 Å². The largest absolute Gasteiger partial charge is 0.323 e. The fourth-order valence-electron chi connectivity index (χ4n) is 2.79. The molecule has 6 nitrogen and oxygen atoms in total. The first-order chi connectivity index (χ1) is 9.97. The van der Waals surface area contributed by atoms with E-state index in [-0.39, 0.29) is 17.7 Å². The van der Waals surface area contributed by atoms with Crippen LogP contribution < -0.4 is 5.32 Å². The van der Waals surface area contributed by atoms with E-state index in [4.69, 9.17) is 0 Å². The molecule has 2 aliphatic heterocycles. The molecule has 0 radical (unpaired) electrons. The van der Waals surface area contributed by atoms with Crippen molar-refractivity contribution in [2.45, 2.75) is 25.3 Å². The van der Waals surface area contributed by atoms with E-state index in [9.17, 15) is 13.2 Å². The molecule has 0 saturated carbocycles. The van der Waals surface area contributed by atoms with Crippen LogP contribution in [0.5, 0.6) is 0 Å². The van der Waals surface area contributed by atoms with Gasteiger partial charge in [0.2, 0.25) is 5.91 Å². The Morgan fingerprint density at radius 1 is 1.33 bits per heavy atom. The molecule has 2 atom stereocenters. The quantitative estimate of drug-likeness (QED) is 0.755. The Labute approximate surface area is 131 Å². The van der Waals surface area contributed by atoms with Gasteiger partial charge >= 0.3 is 0 Å². The zero-order valence-corrected chi connectivity index (χ0v) is 14.4. The van der Waals surface area contributed by atoms with Gasteiger partial charge in [-0.1, -0.05) is 6.92 Å². The van der Waals surface area contributed by atoms with Gasteiger partial charge < -0.3 is 10.2 Å². The molecule has 21 heavy (non-hydrogen) atoms. The first-order valence-corrected chi connectivity index (χ1v) is 10.4. The normalized spacial score (nSPS) is 26.6. The maximum absolute atomic E-state index is 12.8. The van der Waals surface area contributed by atoms with Crippen LogP contribution in [-0.2, 0) is 14.6 Å². The molecular formula is C13H25N3O3S2. The van der Waals surface area contributed by atoms with Crippen molar-refractivity contribution in [3.05, 3.63) is 0 Å². The fraction of sp³-hybridized carbons (Fsp3) is 0.923. The van der Waals surface area contributed by atoms with Crippen LogP contribution in [0.2, 0.25) is 0 Å². The molecule has 0 aliphatic carbocycles. The number of nitrogens with zero attached hydrogens (tertiary/aromatic N) is 2. The summed E-state index contributed by atoms with van der Waals surface area (Å²) in [7, 11) is -3.23. The minimum absolute atomic E-state index is 0.0424. The standard InChI is InChI=1S/C13H25N3O3S2/c1-3-21(18,19)12-10-20-9-8-16(12)13(17)11(2)15-6-4-14-5-7-15/h11-12,14H,3-10H2,1-2H3. The molecule has 0 aromatic rings. The highest BCUT2D eigenvalue weighted by molar-refractivity contribution is 8.01. The third-order valence-electron chi connectivity index (χ3n) is 4.24. The number of thioether (sulfide) groups is 1. The minimum Gasteiger partial charge on any atom is -0.323 e. The van der Waals surface area contributed by atoms with Crippen molar-refractivity contribution in [3.63, 3.8) is 0 Å². The van der Waals surface area contributed by atoms with Crippen LogP contribution in [0.1, 0.15) is 13.8 Å². The summed E-state index contributed by atoms with van der Waals surface area (Å²) in [5.41, 5.74) is 0. The van der Waals surface area contributed by atoms with Crippen LogP contribution in [0.25, 0.3) is 0 Å². The molecule has 0 aromatic heterocycles. The predicted octanol–water partition coefficient (Wildman–Crippen LogP) is -0.384. The van der Waals surface area contributed by atoms with Crippen LogP contribution >= 0.6 is 11.8 Å². The summed E-state index contributed by atoms with van der Waals surface area (Å²) in [6.07, 6.45) is 0. The Hall–Kier alpha value is -0.310. The summed E-state index contributed by atoms with van der Waals surface area (Å²) in [5.74, 6) is 1.36. The van der Waals surface area contributed by atoms with Crippen LogP contribution in [-0.4, -0.2) is 85.5 Å². The van der Waals surface area contributed by atoms with E-state index < -0.39 is 15.2 Å². The van der Waals surface area contributed by atoms with Crippen molar-refractivity contribution in [3.8, 4) is 0 Å². The maximum atomic E-state index is 12.8. The first-order valence-electron chi connectivity index (χ1n) is 7.52. The number of hydrogen-bond acceptors (Lipinski definition) is 6. The number of nitrogens with one attached hydrogen (secondary N) is 1. The van der Waals surface area contributed by atoms with Crippen molar-refractivity contribution >= 4 is 27.5 Å². The van der Waals surface area contributed by atoms with Gasteiger partial charge in [-0.25, -0.2) is 8.42 Å². The molecule has 8 heteroatoms. The predicted molar refractivity (Wildman–Crippen MR) is 86.2 cm³/mol. The lowest BCUT2D eigenvalue weighted by Gasteiger charge is -2.39. The van der Waals surface area contributed by atoms with E-state index in [1.54, 1.807) is 23.6 Å². The number of sulfone groups is 1. The van der Waals surface area contributed by atoms with Gasteiger partial charge in [0.15, 0.2) is 9.84 Å². The van der Waals surface area contributed by atoms with Crippen molar-refractivity contribution in [1.82, 2.24) is 15.1 Å². The summed E-state index contributed by atoms with van der Waals surface area (Å²) in [6.45, 7) is 7.50. The highest BCUT2D eigenvalue weighted by Crippen LogP contribution is 2.23. The third kappa shape index (κ3) is 3.91. The number of piperazine rings is 1. The molecule has 2 fully saturated rings. The molecule has 122 valence electrons. The lowest BCUT2D eigenvalue weighted by Crippen LogP contribution is -2.58. The van der Waals surface area contributed by atoms with Gasteiger partial charge in [0.25, 0.3) is 0 Å². The van der Waals surface area contributed by atoms with Gasteiger partial charge in [0.05, 0.1) is 6.04 Å². The smallest absolute Gasteiger partial charge is 0.240 e. The lowest BCUT2D eigenvalue weighted by atomic mass is 10.2. The zero-order chi connectivity index (χ0) is 15.5. The SMILES string of the molecule is CCS(=O)(=O)C1CSCCN1C(=O)C(C)N1CCNCC1. The number of hydrogen-bond donors (Lipinski definition) is 1. The summed E-state index contributed by atoms with van der Waals surface area (Å²) in [5, 5.41) is 2.61. The Morgan fingerprint density at radius 3 is 2.62 bits per heavy atom. The molecule has 2 saturated heterocycles. The van der Waals surface area contributed by atoms with E-state index in [2.05, 4.69) is 10.2 Å². The van der Waals surface area contributed by atoms with Crippen molar-refractivity contribution in [2.75, 3.05) is 50.0 Å². The van der Waals surface area contributed by atoms with E-state index in [0.717, 1.165) is 31.9 Å². The van der Waals surface area contributed by atoms with Crippen molar-refractivity contribution in [1.29, 1.82) is 0 Å². The molecule has 1 amide bonds. The number of rotatable bonds is 4. The summed E-state index contributed by atoms with van der Waals surface area (Å²) >= 11 is 1.62. The zero-order valence-electron chi connectivity index (χ0n) is 12.7. The van der Waals surface area contributed by atoms with Gasteiger partial charge in [-0.3, -0.25) is 9.69 Å². The van der Waals surface area contributed by atoms with Crippen molar-refractivity contribution < 1.29 is 13.2 Å². The second-order valence-electron chi connectivity index (χ2n) is 5.47. The Kier molecular flexibility index (Phi) is 5.93. The first kappa shape index (κ1) is 17.1. The van der Waals surface area contributed by atoms with E-state index in [1.165, 1.54) is 0 Å². The Bertz CT molecular complexity index is 463. The monoisotopic (exact) mass is 335 g/mol. The minimum atomic E-state index is -3.23. The average Bonchev–Trinajstić information content (AvgIpc) is 2.54. The Morgan fingerprint density at radius 2 is 2.00 bits per heavy atom. The van der Waals surface area contributed by atoms with Crippen LogP contribution in [0, 0.1) is 0 Å². The molecule has 0 bridgehead atoms. The van der Waals surface area contributed by atoms with Crippen LogP contribution in [0.15, 0.2) is 0 Å². The maximum Gasteiger partial charge on any atom is 0.240 e. The van der Waals surface area contributed by atoms with Crippen LogP contribution in [0.4, 0.5) is 0 Å². The summed E-state index contributed by atoms with van der Waals surface area (Å²) in [6, 6.07) is -0.246. The van der Waals surface area contributed by atoms with E-state index in [0.29, 0.717) is 12.3 Å². The van der Waals surface area contributed by atoms with Crippen molar-refractivity contribution in [2.24, 2.45) is 0 Å². The molecule has 2 rings (SSSR count). The van der Waals surface area contributed by atoms with Gasteiger partial charge in [-0.15, -0.1) is 0 Å². The molecular weight excluding hydrogens is 310 g/mol. The highest BCUT2D eigenvalue weighted by atomic mass is 32.2. The highest BCUT2D eigenvalue weighted by Gasteiger charge is 2.38. The van der Waals surface area contributed by atoms with E-state index >= 15 is 0 Å². The Balaban J connectivity index is 2.11. The van der Waals surface area contributed by atoms with Gasteiger partial charge in [0, 0.05) is 50.0 Å². The molecule has 0 aromatic carbocycles. The fourth-order valence-corrected chi connectivity index (χ4v) is 5.76. The van der Waals surface area contributed by atoms with Crippen LogP contribution in [0.3, 0.4) is 0 Å². The molecule has 2 unspecified atom stereocenters. The van der Waals surface area contributed by atoms with Gasteiger partial charge in [0.1, 0.15) is 5.37 Å². The lowest BCUT2D eigenvalue weighted by molar-refractivity contribution is -0.137. The molecule has 2 heterocycles. The summed E-state index contributed by atoms with van der Waals surface area (Å²) in [4.78, 5) is 16.5. The molecule has 2 aliphatic rings.